The lowest BCUT2D eigenvalue weighted by molar-refractivity contribution is 0.100. The van der Waals surface area contributed by atoms with Crippen molar-refractivity contribution in [3.63, 3.8) is 0 Å². The number of nitrogens with one attached hydrogen (secondary N) is 2. The second-order valence-electron chi connectivity index (χ2n) is 7.86. The second kappa shape index (κ2) is 8.49. The first-order valence-corrected chi connectivity index (χ1v) is 10.8. The van der Waals surface area contributed by atoms with Crippen LogP contribution in [0.2, 0.25) is 0 Å². The first-order valence-electron chi connectivity index (χ1n) is 9.95. The first kappa shape index (κ1) is 19.8. The molecule has 4 N–H and O–H groups in total. The van der Waals surface area contributed by atoms with Crippen molar-refractivity contribution in [1.82, 2.24) is 15.2 Å². The summed E-state index contributed by atoms with van der Waals surface area (Å²) in [4.78, 5) is 19.8. The van der Waals surface area contributed by atoms with Crippen LogP contribution in [-0.4, -0.2) is 49.0 Å². The van der Waals surface area contributed by atoms with E-state index in [1.54, 1.807) is 17.5 Å². The van der Waals surface area contributed by atoms with Crippen LogP contribution in [0.3, 0.4) is 0 Å². The van der Waals surface area contributed by atoms with Gasteiger partial charge in [0.2, 0.25) is 0 Å². The Kier molecular flexibility index (Phi) is 5.80. The maximum Gasteiger partial charge on any atom is 0.251 e. The minimum Gasteiger partial charge on any atom is -0.366 e. The number of hydrogen-bond donors (Lipinski definition) is 3. The smallest absolute Gasteiger partial charge is 0.251 e. The fraction of sp³-hybridized carbons (Fsp3) is 0.364. The number of nitrogens with zero attached hydrogens (tertiary/aromatic N) is 2. The summed E-state index contributed by atoms with van der Waals surface area (Å²) >= 11 is 1.59. The lowest BCUT2D eigenvalue weighted by atomic mass is 10.1. The molecule has 1 aliphatic rings. The number of anilines is 1. The molecule has 2 aromatic heterocycles. The van der Waals surface area contributed by atoms with E-state index in [-0.39, 0.29) is 0 Å². The van der Waals surface area contributed by atoms with Crippen molar-refractivity contribution in [3.8, 4) is 10.4 Å². The fourth-order valence-corrected chi connectivity index (χ4v) is 4.94. The van der Waals surface area contributed by atoms with Gasteiger partial charge in [-0.05, 0) is 50.7 Å². The predicted octanol–water partition coefficient (Wildman–Crippen LogP) is 3.29. The fourth-order valence-electron chi connectivity index (χ4n) is 3.76. The standard InChI is InChI=1S/C22H27N5OS/c1-27(2)13-14-5-7-15(8-6-14)19-10-17-20(29-19)18(21(23)28)12-25-22(17)26-16-4-3-9-24-11-16/h5-8,10,12,16,24H,3-4,9,11,13H2,1-2H3,(H2,23,28)(H,25,26)/t16-/m0/s1. The zero-order chi connectivity index (χ0) is 20.4. The van der Waals surface area contributed by atoms with Crippen LogP contribution >= 0.6 is 11.3 Å². The van der Waals surface area contributed by atoms with E-state index in [4.69, 9.17) is 5.73 Å². The van der Waals surface area contributed by atoms with E-state index in [0.717, 1.165) is 58.8 Å². The van der Waals surface area contributed by atoms with Gasteiger partial charge in [-0.2, -0.15) is 0 Å². The molecule has 4 rings (SSSR count). The zero-order valence-corrected chi connectivity index (χ0v) is 17.7. The number of nitrogens with two attached hydrogens (primary N) is 1. The number of amides is 1. The Morgan fingerprint density at radius 2 is 2.14 bits per heavy atom. The van der Waals surface area contributed by atoms with Gasteiger partial charge >= 0.3 is 0 Å². The van der Waals surface area contributed by atoms with Gasteiger partial charge in [-0.3, -0.25) is 4.79 Å². The molecular weight excluding hydrogens is 382 g/mol. The highest BCUT2D eigenvalue weighted by Crippen LogP contribution is 2.38. The second-order valence-corrected chi connectivity index (χ2v) is 8.91. The zero-order valence-electron chi connectivity index (χ0n) is 16.9. The number of carbonyl (C=O) groups excluding carboxylic acids is 1. The number of thiophene rings is 1. The third-order valence-corrected chi connectivity index (χ3v) is 6.41. The number of rotatable bonds is 6. The Balaban J connectivity index is 1.71. The number of piperidine rings is 1. The first-order chi connectivity index (χ1) is 14.0. The van der Waals surface area contributed by atoms with Crippen LogP contribution in [0.25, 0.3) is 20.5 Å². The summed E-state index contributed by atoms with van der Waals surface area (Å²) in [6.07, 6.45) is 3.86. The Morgan fingerprint density at radius 1 is 1.34 bits per heavy atom. The highest BCUT2D eigenvalue weighted by molar-refractivity contribution is 7.22. The third kappa shape index (κ3) is 4.42. The molecule has 1 aliphatic heterocycles. The molecule has 0 bridgehead atoms. The molecule has 7 heteroatoms. The van der Waals surface area contributed by atoms with E-state index in [9.17, 15) is 4.79 Å². The Bertz CT molecular complexity index is 1010. The maximum atomic E-state index is 12.0. The van der Waals surface area contributed by atoms with Crippen LogP contribution in [0, 0.1) is 0 Å². The van der Waals surface area contributed by atoms with Crippen molar-refractivity contribution in [3.05, 3.63) is 47.7 Å². The van der Waals surface area contributed by atoms with Crippen LogP contribution in [0.1, 0.15) is 28.8 Å². The van der Waals surface area contributed by atoms with Gasteiger partial charge in [0.25, 0.3) is 5.91 Å². The largest absolute Gasteiger partial charge is 0.366 e. The molecule has 3 heterocycles. The van der Waals surface area contributed by atoms with Gasteiger partial charge in [-0.25, -0.2) is 4.98 Å². The van der Waals surface area contributed by atoms with Gasteiger partial charge in [0, 0.05) is 35.6 Å². The van der Waals surface area contributed by atoms with E-state index in [1.165, 1.54) is 5.56 Å². The summed E-state index contributed by atoms with van der Waals surface area (Å²) in [5.74, 6) is 0.383. The molecule has 0 radical (unpaired) electrons. The van der Waals surface area contributed by atoms with Crippen LogP contribution < -0.4 is 16.4 Å². The Hall–Kier alpha value is -2.48. The molecule has 29 heavy (non-hydrogen) atoms. The van der Waals surface area contributed by atoms with E-state index in [1.807, 2.05) is 0 Å². The monoisotopic (exact) mass is 409 g/mol. The van der Waals surface area contributed by atoms with Crippen LogP contribution in [0.5, 0.6) is 0 Å². The molecule has 0 aliphatic carbocycles. The van der Waals surface area contributed by atoms with Crippen LogP contribution in [-0.2, 0) is 6.54 Å². The molecule has 6 nitrogen and oxygen atoms in total. The molecule has 3 aromatic rings. The summed E-state index contributed by atoms with van der Waals surface area (Å²) in [7, 11) is 4.13. The average molecular weight is 410 g/mol. The highest BCUT2D eigenvalue weighted by atomic mass is 32.1. The van der Waals surface area contributed by atoms with Gasteiger partial charge in [-0.1, -0.05) is 24.3 Å². The summed E-state index contributed by atoms with van der Waals surface area (Å²) in [5.41, 5.74) is 8.50. The minimum absolute atomic E-state index is 0.340. The molecule has 0 saturated carbocycles. The number of aromatic nitrogens is 1. The Morgan fingerprint density at radius 3 is 2.79 bits per heavy atom. The van der Waals surface area contributed by atoms with Crippen LogP contribution in [0.15, 0.2) is 36.5 Å². The number of fused-ring (bicyclic) bond motifs is 1. The van der Waals surface area contributed by atoms with Crippen molar-refractivity contribution >= 4 is 33.1 Å². The summed E-state index contributed by atoms with van der Waals surface area (Å²) in [6, 6.07) is 11.0. The summed E-state index contributed by atoms with van der Waals surface area (Å²) in [6.45, 7) is 2.89. The third-order valence-electron chi connectivity index (χ3n) is 5.20. The highest BCUT2D eigenvalue weighted by Gasteiger charge is 2.19. The van der Waals surface area contributed by atoms with Crippen molar-refractivity contribution in [2.45, 2.75) is 25.4 Å². The molecule has 1 saturated heterocycles. The number of pyridine rings is 1. The van der Waals surface area contributed by atoms with Crippen molar-refractivity contribution in [2.24, 2.45) is 5.73 Å². The van der Waals surface area contributed by atoms with E-state index in [0.29, 0.717) is 11.6 Å². The van der Waals surface area contributed by atoms with Crippen molar-refractivity contribution in [2.75, 3.05) is 32.5 Å². The van der Waals surface area contributed by atoms with Crippen molar-refractivity contribution in [1.29, 1.82) is 0 Å². The molecule has 0 unspecified atom stereocenters. The maximum absolute atomic E-state index is 12.0. The molecule has 1 amide bonds. The van der Waals surface area contributed by atoms with Gasteiger partial charge in [0.05, 0.1) is 10.3 Å². The quantitative estimate of drug-likeness (QED) is 0.582. The lowest BCUT2D eigenvalue weighted by Crippen LogP contribution is -2.38. The molecule has 1 aromatic carbocycles. The van der Waals surface area contributed by atoms with Gasteiger partial charge in [-0.15, -0.1) is 11.3 Å². The van der Waals surface area contributed by atoms with Crippen LogP contribution in [0.4, 0.5) is 5.82 Å². The van der Waals surface area contributed by atoms with Crippen molar-refractivity contribution < 1.29 is 4.79 Å². The van der Waals surface area contributed by atoms with Gasteiger partial charge in [0.15, 0.2) is 0 Å². The summed E-state index contributed by atoms with van der Waals surface area (Å²) < 4.78 is 0.895. The number of carbonyl (C=O) groups is 1. The molecule has 1 atom stereocenters. The minimum atomic E-state index is -0.442. The number of hydrogen-bond acceptors (Lipinski definition) is 6. The topological polar surface area (TPSA) is 83.3 Å². The number of benzene rings is 1. The molecular formula is C22H27N5OS. The van der Waals surface area contributed by atoms with E-state index < -0.39 is 5.91 Å². The average Bonchev–Trinajstić information content (AvgIpc) is 3.14. The van der Waals surface area contributed by atoms with Gasteiger partial charge < -0.3 is 21.3 Å². The van der Waals surface area contributed by atoms with E-state index in [2.05, 4.69) is 64.9 Å². The van der Waals surface area contributed by atoms with E-state index >= 15 is 0 Å². The molecule has 1 fully saturated rings. The number of primary amides is 1. The molecule has 0 spiro atoms. The Labute approximate surface area is 175 Å². The normalized spacial score (nSPS) is 17.0. The SMILES string of the molecule is CN(C)Cc1ccc(-c2cc3c(N[C@H]4CCCNC4)ncc(C(N)=O)c3s2)cc1. The lowest BCUT2D eigenvalue weighted by Gasteiger charge is -2.24. The van der Waals surface area contributed by atoms with Gasteiger partial charge in [0.1, 0.15) is 5.82 Å². The summed E-state index contributed by atoms with van der Waals surface area (Å²) in [5, 5.41) is 7.94. The molecule has 152 valence electrons. The predicted molar refractivity (Wildman–Crippen MR) is 120 cm³/mol.